The van der Waals surface area contributed by atoms with Crippen molar-refractivity contribution in [1.29, 1.82) is 1.34 Å². The largest absolute Gasteiger partial charge is 0.417 e. The Morgan fingerprint density at radius 2 is 1.20 bits per heavy atom. The summed E-state index contributed by atoms with van der Waals surface area (Å²) < 4.78 is 11.6. The van der Waals surface area contributed by atoms with Crippen LogP contribution in [0.2, 0.25) is 36.3 Å². The third-order valence-electron chi connectivity index (χ3n) is 8.67. The van der Waals surface area contributed by atoms with Crippen molar-refractivity contribution >= 4 is 35.2 Å². The van der Waals surface area contributed by atoms with Crippen LogP contribution in [-0.2, 0) is 4.43 Å². The molecular formula is C28H62BClO2Si2U. The minimum Gasteiger partial charge on any atom is -0.417 e. The summed E-state index contributed by atoms with van der Waals surface area (Å²) in [7, 11) is 0.845. The number of aliphatic hydroxyl groups excluding tert-OH is 1. The number of aliphatic hydroxyl groups is 1. The van der Waals surface area contributed by atoms with Crippen molar-refractivity contribution < 1.29 is 40.6 Å². The van der Waals surface area contributed by atoms with E-state index >= 15 is 0 Å². The molecule has 0 aliphatic heterocycles. The molecule has 1 N–H and O–H groups in total. The minimum absolute atomic E-state index is 0. The summed E-state index contributed by atoms with van der Waals surface area (Å²) >= 11 is 6.15. The second-order valence-corrected chi connectivity index (χ2v) is 27.6. The third-order valence-corrected chi connectivity index (χ3v) is 18.4. The maximum atomic E-state index is 8.80. The number of rotatable bonds is 4. The molecule has 0 aromatic rings. The van der Waals surface area contributed by atoms with E-state index in [2.05, 4.69) is 104 Å². The van der Waals surface area contributed by atoms with Gasteiger partial charge >= 0.3 is 0 Å². The van der Waals surface area contributed by atoms with Gasteiger partial charge in [-0.05, 0) is 85.7 Å². The summed E-state index contributed by atoms with van der Waals surface area (Å²) in [5.74, 6) is 1.41. The van der Waals surface area contributed by atoms with Crippen LogP contribution in [0.1, 0.15) is 108 Å². The van der Waals surface area contributed by atoms with Gasteiger partial charge in [0.05, 0.1) is 0 Å². The molecule has 0 spiro atoms. The molecule has 0 bridgehead atoms. The normalized spacial score (nSPS) is 23.8. The molecular weight excluding hydrogens is 709 g/mol. The van der Waals surface area contributed by atoms with Crippen LogP contribution in [0.25, 0.3) is 0 Å². The van der Waals surface area contributed by atoms with Gasteiger partial charge in [-0.15, -0.1) is 0 Å². The molecule has 2 unspecified atom stereocenters. The van der Waals surface area contributed by atoms with E-state index in [1.165, 1.54) is 38.5 Å². The van der Waals surface area contributed by atoms with Crippen LogP contribution in [0.4, 0.5) is 0 Å². The Morgan fingerprint density at radius 1 is 0.857 bits per heavy atom. The fourth-order valence-corrected chi connectivity index (χ4v) is 5.09. The molecule has 35 heavy (non-hydrogen) atoms. The van der Waals surface area contributed by atoms with E-state index in [0.717, 1.165) is 12.5 Å². The van der Waals surface area contributed by atoms with Crippen LogP contribution < -0.4 is 0 Å². The zero-order valence-corrected chi connectivity index (χ0v) is 33.0. The molecule has 0 aromatic heterocycles. The maximum Gasteiger partial charge on any atom is 0.191 e. The first-order chi connectivity index (χ1) is 15.4. The Bertz CT molecular complexity index is 574. The molecule has 2 aliphatic carbocycles. The zero-order chi connectivity index (χ0) is 28.5. The molecule has 2 nitrogen and oxygen atoms in total. The van der Waals surface area contributed by atoms with Crippen LogP contribution in [0.5, 0.6) is 0 Å². The van der Waals surface area contributed by atoms with Crippen molar-refractivity contribution in [3.8, 4) is 0 Å². The maximum absolute atomic E-state index is 8.80. The van der Waals surface area contributed by atoms with Gasteiger partial charge in [-0.3, -0.25) is 0 Å². The SMILES string of the molecule is CC(C)(C)[Si](C)(C)Cl.CC1(C)CCC(CO)C1.CC1(C)CCC(CO[Si](C)(C)C(C)(C)C)C1.[2H][B].[U]. The standard InChI is InChI=1S/C14H30OSi.C8H16O.C6H15ClSi.BH.U/c1-13(2,3)16(6,7)15-11-12-8-9-14(4,5)10-12;1-8(2)4-3-7(5-8)6-9;1-6(2,3)8(4,5)7;;/h12H,8-11H2,1-7H3;7,9H,3-6H2,1-2H3;1-5H3;1H;/i;;;1D;. The van der Waals surface area contributed by atoms with Crippen molar-refractivity contribution in [2.45, 2.75) is 144 Å². The van der Waals surface area contributed by atoms with E-state index in [1.807, 2.05) is 0 Å². The molecule has 0 amide bonds. The monoisotopic (exact) mass is 771 g/mol. The van der Waals surface area contributed by atoms with Crippen molar-refractivity contribution in [2.24, 2.45) is 22.7 Å². The molecule has 7 heteroatoms. The smallest absolute Gasteiger partial charge is 0.191 e. The Morgan fingerprint density at radius 3 is 1.40 bits per heavy atom. The number of hydrogen-bond donors (Lipinski definition) is 1. The van der Waals surface area contributed by atoms with Gasteiger partial charge in [0.2, 0.25) is 0 Å². The van der Waals surface area contributed by atoms with Gasteiger partial charge in [-0.25, -0.2) is 0 Å². The number of halogens is 1. The third kappa shape index (κ3) is 16.5. The summed E-state index contributed by atoms with van der Waals surface area (Å²) in [6.45, 7) is 33.3. The average molecular weight is 772 g/mol. The molecule has 0 saturated heterocycles. The van der Waals surface area contributed by atoms with Gasteiger partial charge in [0.1, 0.15) is 0 Å². The fourth-order valence-electron chi connectivity index (χ4n) is 4.00. The predicted octanol–water partition coefficient (Wildman–Crippen LogP) is 9.22. The number of hydrogen-bond acceptors (Lipinski definition) is 2. The van der Waals surface area contributed by atoms with E-state index in [4.69, 9.17) is 21.9 Å². The first-order valence-corrected chi connectivity index (χ1v) is 20.3. The summed E-state index contributed by atoms with van der Waals surface area (Å²) in [6.07, 6.45) is 7.81. The minimum atomic E-state index is -1.52. The molecule has 2 rings (SSSR count). The Hall–Kier alpha value is 1.76. The van der Waals surface area contributed by atoms with Crippen LogP contribution >= 0.6 is 11.1 Å². The summed E-state index contributed by atoms with van der Waals surface area (Å²) in [6, 6.07) is 0. The van der Waals surface area contributed by atoms with Gasteiger partial charge < -0.3 is 9.53 Å². The molecule has 2 fully saturated rings. The zero-order valence-electron chi connectivity index (χ0n) is 27.1. The molecule has 2 saturated carbocycles. The van der Waals surface area contributed by atoms with Gasteiger partial charge in [0, 0.05) is 52.7 Å². The molecule has 2 atom stereocenters. The van der Waals surface area contributed by atoms with E-state index < -0.39 is 15.7 Å². The van der Waals surface area contributed by atoms with Crippen molar-refractivity contribution in [3.63, 3.8) is 0 Å². The van der Waals surface area contributed by atoms with E-state index in [1.54, 1.807) is 0 Å². The quantitative estimate of drug-likeness (QED) is 0.228. The molecule has 208 valence electrons. The van der Waals surface area contributed by atoms with E-state index in [9.17, 15) is 0 Å². The van der Waals surface area contributed by atoms with Gasteiger partial charge in [0.15, 0.2) is 15.7 Å². The Labute approximate surface area is 255 Å². The fraction of sp³-hybridized carbons (Fsp3) is 1.00. The van der Waals surface area contributed by atoms with Crippen LogP contribution in [-0.4, -0.2) is 43.7 Å². The van der Waals surface area contributed by atoms with Crippen LogP contribution in [0.15, 0.2) is 0 Å². The summed E-state index contributed by atoms with van der Waals surface area (Å²) in [4.78, 5) is 0. The van der Waals surface area contributed by atoms with Gasteiger partial charge in [-0.1, -0.05) is 82.3 Å². The molecule has 2 aliphatic rings. The van der Waals surface area contributed by atoms with Gasteiger partial charge in [0.25, 0.3) is 0 Å². The average Bonchev–Trinajstić information content (AvgIpc) is 3.21. The van der Waals surface area contributed by atoms with Crippen LogP contribution in [0, 0.1) is 53.8 Å². The van der Waals surface area contributed by atoms with E-state index in [0.29, 0.717) is 33.4 Å². The summed E-state index contributed by atoms with van der Waals surface area (Å²) in [5, 5.41) is 9.49. The van der Waals surface area contributed by atoms with E-state index in [-0.39, 0.29) is 31.1 Å². The Kier molecular flexibility index (Phi) is 17.3. The summed E-state index contributed by atoms with van der Waals surface area (Å²) in [5.41, 5.74) is 1.06. The Balaban J connectivity index is -0.000000466. The first kappa shape index (κ1) is 38.9. The van der Waals surface area contributed by atoms with Crippen molar-refractivity contribution in [2.75, 3.05) is 13.2 Å². The second kappa shape index (κ2) is 15.5. The first-order valence-electron chi connectivity index (χ1n) is 13.9. The molecule has 0 heterocycles. The predicted molar refractivity (Wildman–Crippen MR) is 163 cm³/mol. The van der Waals surface area contributed by atoms with Crippen molar-refractivity contribution in [1.82, 2.24) is 0 Å². The second-order valence-electron chi connectivity index (χ2n) is 15.5. The topological polar surface area (TPSA) is 29.5 Å². The van der Waals surface area contributed by atoms with Crippen molar-refractivity contribution in [3.05, 3.63) is 0 Å². The molecule has 0 aromatic carbocycles. The van der Waals surface area contributed by atoms with Crippen LogP contribution in [0.3, 0.4) is 0 Å². The van der Waals surface area contributed by atoms with Gasteiger partial charge in [-0.2, -0.15) is 11.1 Å². The molecule has 2 radical (unpaired) electrons.